The molecule has 1 aliphatic rings. The zero-order valence-electron chi connectivity index (χ0n) is 13.3. The Morgan fingerprint density at radius 2 is 2.19 bits per heavy atom. The molecule has 1 fully saturated rings. The molecule has 21 heavy (non-hydrogen) atoms. The van der Waals surface area contributed by atoms with Gasteiger partial charge < -0.3 is 14.8 Å². The molecule has 2 atom stereocenters. The molecule has 2 rings (SSSR count). The number of aryl methyl sites for hydroxylation is 1. The summed E-state index contributed by atoms with van der Waals surface area (Å²) in [6, 6.07) is 3.56. The van der Waals surface area contributed by atoms with Crippen LogP contribution < -0.4 is 10.2 Å². The van der Waals surface area contributed by atoms with Gasteiger partial charge in [-0.3, -0.25) is 9.69 Å². The zero-order chi connectivity index (χ0) is 15.6. The van der Waals surface area contributed by atoms with Gasteiger partial charge in [-0.1, -0.05) is 20.8 Å². The second-order valence-corrected chi connectivity index (χ2v) is 6.83. The highest BCUT2D eigenvalue weighted by atomic mass is 16.4. The highest BCUT2D eigenvalue weighted by molar-refractivity contribution is 5.96. The summed E-state index contributed by atoms with van der Waals surface area (Å²) >= 11 is 0. The molecular weight excluding hydrogens is 268 g/mol. The van der Waals surface area contributed by atoms with Crippen molar-refractivity contribution in [3.63, 3.8) is 0 Å². The van der Waals surface area contributed by atoms with Gasteiger partial charge in [0.05, 0.1) is 12.1 Å². The number of furan rings is 1. The number of nitrogens with one attached hydrogen (secondary N) is 1. The van der Waals surface area contributed by atoms with E-state index in [4.69, 9.17) is 4.42 Å². The fourth-order valence-corrected chi connectivity index (χ4v) is 2.40. The molecule has 5 nitrogen and oxygen atoms in total. The fraction of sp³-hybridized carbons (Fsp3) is 0.688. The van der Waals surface area contributed by atoms with Crippen LogP contribution in [-0.2, 0) is 11.2 Å². The molecule has 5 heteroatoms. The van der Waals surface area contributed by atoms with E-state index in [1.807, 2.05) is 39.8 Å². The SMILES string of the molecule is C[C@H]1NCCN(c2ccc(CC[C@@H](O)C(C)(C)C)o2)C1=O. The molecule has 1 aromatic rings. The lowest BCUT2D eigenvalue weighted by Crippen LogP contribution is -2.53. The Kier molecular flexibility index (Phi) is 4.74. The van der Waals surface area contributed by atoms with Crippen molar-refractivity contribution in [2.24, 2.45) is 5.41 Å². The van der Waals surface area contributed by atoms with Crippen LogP contribution in [0.15, 0.2) is 16.5 Å². The van der Waals surface area contributed by atoms with E-state index in [0.29, 0.717) is 25.3 Å². The van der Waals surface area contributed by atoms with Gasteiger partial charge in [0.15, 0.2) is 0 Å². The summed E-state index contributed by atoms with van der Waals surface area (Å²) in [7, 11) is 0. The van der Waals surface area contributed by atoms with E-state index in [2.05, 4.69) is 5.32 Å². The Balaban J connectivity index is 1.97. The molecule has 0 saturated carbocycles. The molecule has 0 unspecified atom stereocenters. The number of nitrogens with zero attached hydrogens (tertiary/aromatic N) is 1. The van der Waals surface area contributed by atoms with Crippen LogP contribution in [0.1, 0.15) is 39.9 Å². The van der Waals surface area contributed by atoms with Crippen LogP contribution in [0.2, 0.25) is 0 Å². The smallest absolute Gasteiger partial charge is 0.246 e. The molecule has 0 radical (unpaired) electrons. The monoisotopic (exact) mass is 294 g/mol. The molecule has 2 heterocycles. The predicted octanol–water partition coefficient (Wildman–Crippen LogP) is 1.94. The van der Waals surface area contributed by atoms with E-state index in [-0.39, 0.29) is 23.5 Å². The van der Waals surface area contributed by atoms with Crippen LogP contribution in [0.4, 0.5) is 5.88 Å². The number of carbonyl (C=O) groups excluding carboxylic acids is 1. The molecule has 2 N–H and O–H groups in total. The summed E-state index contributed by atoms with van der Waals surface area (Å²) in [5.41, 5.74) is -0.126. The highest BCUT2D eigenvalue weighted by Gasteiger charge is 2.28. The molecule has 1 saturated heterocycles. The third-order valence-corrected chi connectivity index (χ3v) is 4.00. The lowest BCUT2D eigenvalue weighted by molar-refractivity contribution is -0.121. The van der Waals surface area contributed by atoms with Gasteiger partial charge in [0.25, 0.3) is 0 Å². The van der Waals surface area contributed by atoms with Crippen LogP contribution in [0.3, 0.4) is 0 Å². The Hall–Kier alpha value is -1.33. The molecule has 0 aliphatic carbocycles. The number of aliphatic hydroxyl groups excluding tert-OH is 1. The van der Waals surface area contributed by atoms with Gasteiger partial charge in [-0.05, 0) is 24.8 Å². The molecule has 1 amide bonds. The number of piperazine rings is 1. The van der Waals surface area contributed by atoms with Crippen molar-refractivity contribution in [2.45, 2.75) is 52.7 Å². The minimum atomic E-state index is -0.369. The van der Waals surface area contributed by atoms with Crippen molar-refractivity contribution in [1.29, 1.82) is 0 Å². The predicted molar refractivity (Wildman–Crippen MR) is 82.3 cm³/mol. The zero-order valence-corrected chi connectivity index (χ0v) is 13.3. The van der Waals surface area contributed by atoms with Gasteiger partial charge in [0, 0.05) is 25.6 Å². The number of hydrogen-bond donors (Lipinski definition) is 2. The average molecular weight is 294 g/mol. The number of aliphatic hydroxyl groups is 1. The van der Waals surface area contributed by atoms with Gasteiger partial charge >= 0.3 is 0 Å². The van der Waals surface area contributed by atoms with Crippen molar-refractivity contribution < 1.29 is 14.3 Å². The molecule has 1 aliphatic heterocycles. The topological polar surface area (TPSA) is 65.7 Å². The van der Waals surface area contributed by atoms with Crippen molar-refractivity contribution in [2.75, 3.05) is 18.0 Å². The first kappa shape index (κ1) is 16.0. The second kappa shape index (κ2) is 6.20. The summed E-state index contributed by atoms with van der Waals surface area (Å²) in [4.78, 5) is 13.8. The van der Waals surface area contributed by atoms with Crippen LogP contribution in [0.25, 0.3) is 0 Å². The van der Waals surface area contributed by atoms with Gasteiger partial charge in [-0.15, -0.1) is 0 Å². The lowest BCUT2D eigenvalue weighted by Gasteiger charge is -2.29. The quantitative estimate of drug-likeness (QED) is 0.890. The first-order valence-corrected chi connectivity index (χ1v) is 7.60. The third kappa shape index (κ3) is 3.86. The maximum atomic E-state index is 12.1. The normalized spacial score (nSPS) is 21.7. The van der Waals surface area contributed by atoms with Gasteiger partial charge in [-0.25, -0.2) is 0 Å². The Morgan fingerprint density at radius 1 is 1.48 bits per heavy atom. The summed E-state index contributed by atoms with van der Waals surface area (Å²) in [5, 5.41) is 13.2. The first-order chi connectivity index (χ1) is 9.79. The molecule has 118 valence electrons. The first-order valence-electron chi connectivity index (χ1n) is 7.60. The van der Waals surface area contributed by atoms with Crippen molar-refractivity contribution in [1.82, 2.24) is 5.32 Å². The van der Waals surface area contributed by atoms with Crippen LogP contribution >= 0.6 is 0 Å². The lowest BCUT2D eigenvalue weighted by atomic mass is 9.86. The summed E-state index contributed by atoms with van der Waals surface area (Å²) in [5.74, 6) is 1.46. The van der Waals surface area contributed by atoms with Gasteiger partial charge in [0.1, 0.15) is 5.76 Å². The third-order valence-electron chi connectivity index (χ3n) is 4.00. The number of anilines is 1. The molecule has 0 spiro atoms. The van der Waals surface area contributed by atoms with E-state index in [1.165, 1.54) is 0 Å². The van der Waals surface area contributed by atoms with E-state index in [1.54, 1.807) is 4.90 Å². The van der Waals surface area contributed by atoms with Crippen LogP contribution in [0, 0.1) is 5.41 Å². The fourth-order valence-electron chi connectivity index (χ4n) is 2.40. The Morgan fingerprint density at radius 3 is 2.86 bits per heavy atom. The largest absolute Gasteiger partial charge is 0.445 e. The maximum Gasteiger partial charge on any atom is 0.246 e. The highest BCUT2D eigenvalue weighted by Crippen LogP contribution is 2.25. The number of hydrogen-bond acceptors (Lipinski definition) is 4. The summed E-state index contributed by atoms with van der Waals surface area (Å²) in [6.45, 7) is 9.31. The van der Waals surface area contributed by atoms with Crippen LogP contribution in [-0.4, -0.2) is 36.2 Å². The average Bonchev–Trinajstić information content (AvgIpc) is 2.86. The van der Waals surface area contributed by atoms with Crippen LogP contribution in [0.5, 0.6) is 0 Å². The number of carbonyl (C=O) groups is 1. The summed E-state index contributed by atoms with van der Waals surface area (Å²) < 4.78 is 5.77. The van der Waals surface area contributed by atoms with Gasteiger partial charge in [-0.2, -0.15) is 0 Å². The van der Waals surface area contributed by atoms with E-state index in [0.717, 1.165) is 12.3 Å². The molecule has 1 aromatic heterocycles. The maximum absolute atomic E-state index is 12.1. The minimum absolute atomic E-state index is 0.0388. The van der Waals surface area contributed by atoms with Gasteiger partial charge in [0.2, 0.25) is 11.8 Å². The number of amides is 1. The molecular formula is C16H26N2O3. The van der Waals surface area contributed by atoms with E-state index in [9.17, 15) is 9.90 Å². The van der Waals surface area contributed by atoms with Crippen molar-refractivity contribution >= 4 is 11.8 Å². The second-order valence-electron chi connectivity index (χ2n) is 6.83. The van der Waals surface area contributed by atoms with E-state index >= 15 is 0 Å². The Bertz CT molecular complexity index is 490. The summed E-state index contributed by atoms with van der Waals surface area (Å²) in [6.07, 6.45) is 0.961. The molecule has 0 aromatic carbocycles. The molecule has 0 bridgehead atoms. The Labute approximate surface area is 126 Å². The standard InChI is InChI=1S/C16H26N2O3/c1-11-15(20)18(10-9-17-11)14-8-6-12(21-14)5-7-13(19)16(2,3)4/h6,8,11,13,17,19H,5,7,9-10H2,1-4H3/t11-,13-/m1/s1. The van der Waals surface area contributed by atoms with E-state index < -0.39 is 0 Å². The number of rotatable bonds is 4. The van der Waals surface area contributed by atoms with Crippen molar-refractivity contribution in [3.8, 4) is 0 Å². The van der Waals surface area contributed by atoms with Crippen molar-refractivity contribution in [3.05, 3.63) is 17.9 Å². The minimum Gasteiger partial charge on any atom is -0.445 e.